The van der Waals surface area contributed by atoms with E-state index in [2.05, 4.69) is 41.3 Å². The van der Waals surface area contributed by atoms with Crippen molar-refractivity contribution in [2.24, 2.45) is 0 Å². The summed E-state index contributed by atoms with van der Waals surface area (Å²) in [5.41, 5.74) is 0.973. The van der Waals surface area contributed by atoms with Crippen LogP contribution in [-0.2, 0) is 6.42 Å². The first kappa shape index (κ1) is 15.2. The summed E-state index contributed by atoms with van der Waals surface area (Å²) in [6, 6.07) is 7.87. The standard InChI is InChI=1S/C14H14BrN5OS/c1-3-11-17-19-13(21-11)8(2)22-14-16-12(18-20-14)9-6-4-5-7-10(9)15/h4-8H,3H2,1-2H3,(H,16,18,20). The molecule has 0 saturated carbocycles. The first-order chi connectivity index (χ1) is 10.7. The molecule has 0 amide bonds. The zero-order chi connectivity index (χ0) is 15.5. The van der Waals surface area contributed by atoms with E-state index in [1.54, 1.807) is 0 Å². The lowest BCUT2D eigenvalue weighted by molar-refractivity contribution is 0.456. The highest BCUT2D eigenvalue weighted by atomic mass is 79.9. The van der Waals surface area contributed by atoms with Gasteiger partial charge >= 0.3 is 0 Å². The van der Waals surface area contributed by atoms with Crippen molar-refractivity contribution in [2.75, 3.05) is 0 Å². The molecule has 0 fully saturated rings. The maximum atomic E-state index is 5.56. The molecule has 0 aliphatic rings. The predicted molar refractivity (Wildman–Crippen MR) is 87.5 cm³/mol. The summed E-state index contributed by atoms with van der Waals surface area (Å²) in [5.74, 6) is 1.96. The molecule has 1 aromatic carbocycles. The minimum Gasteiger partial charge on any atom is -0.424 e. The first-order valence-electron chi connectivity index (χ1n) is 6.83. The van der Waals surface area contributed by atoms with Gasteiger partial charge in [0.05, 0.1) is 5.25 Å². The third kappa shape index (κ3) is 3.22. The van der Waals surface area contributed by atoms with Crippen molar-refractivity contribution in [1.29, 1.82) is 0 Å². The fourth-order valence-corrected chi connectivity index (χ4v) is 3.08. The fraction of sp³-hybridized carbons (Fsp3) is 0.286. The lowest BCUT2D eigenvalue weighted by atomic mass is 10.2. The number of hydrogen-bond donors (Lipinski definition) is 1. The van der Waals surface area contributed by atoms with Crippen LogP contribution in [0, 0.1) is 0 Å². The van der Waals surface area contributed by atoms with Crippen molar-refractivity contribution in [3.8, 4) is 11.4 Å². The van der Waals surface area contributed by atoms with Gasteiger partial charge in [0.1, 0.15) is 0 Å². The molecule has 114 valence electrons. The second-order valence-corrected chi connectivity index (χ2v) is 6.76. The van der Waals surface area contributed by atoms with Crippen molar-refractivity contribution < 1.29 is 4.42 Å². The minimum atomic E-state index is -0.00401. The highest BCUT2D eigenvalue weighted by Gasteiger charge is 2.18. The number of hydrogen-bond acceptors (Lipinski definition) is 6. The minimum absolute atomic E-state index is 0.00401. The quantitative estimate of drug-likeness (QED) is 0.673. The molecule has 2 aromatic heterocycles. The van der Waals surface area contributed by atoms with Gasteiger partial charge in [0.15, 0.2) is 5.82 Å². The Hall–Kier alpha value is -1.67. The number of benzene rings is 1. The SMILES string of the molecule is CCc1nnc(C(C)Sc2n[nH]c(-c3ccccc3Br)n2)o1. The molecular formula is C14H14BrN5OS. The van der Waals surface area contributed by atoms with E-state index >= 15 is 0 Å². The van der Waals surface area contributed by atoms with Gasteiger partial charge < -0.3 is 4.42 Å². The summed E-state index contributed by atoms with van der Waals surface area (Å²) in [5, 5.41) is 15.9. The van der Waals surface area contributed by atoms with Crippen LogP contribution < -0.4 is 0 Å². The third-order valence-corrected chi connectivity index (χ3v) is 4.65. The van der Waals surface area contributed by atoms with Crippen LogP contribution in [0.25, 0.3) is 11.4 Å². The van der Waals surface area contributed by atoms with Gasteiger partial charge in [-0.2, -0.15) is 0 Å². The highest BCUT2D eigenvalue weighted by Crippen LogP contribution is 2.33. The molecular weight excluding hydrogens is 366 g/mol. The zero-order valence-corrected chi connectivity index (χ0v) is 14.5. The molecule has 8 heteroatoms. The number of aromatic nitrogens is 5. The van der Waals surface area contributed by atoms with E-state index in [0.717, 1.165) is 22.3 Å². The number of nitrogens with one attached hydrogen (secondary N) is 1. The third-order valence-electron chi connectivity index (χ3n) is 3.01. The molecule has 6 nitrogen and oxygen atoms in total. The van der Waals surface area contributed by atoms with Gasteiger partial charge in [-0.3, -0.25) is 5.10 Å². The number of aromatic amines is 1. The Kier molecular flexibility index (Phi) is 4.58. The molecule has 0 spiro atoms. The molecule has 0 aliphatic heterocycles. The number of rotatable bonds is 5. The Morgan fingerprint density at radius 3 is 2.86 bits per heavy atom. The van der Waals surface area contributed by atoms with Crippen LogP contribution in [-0.4, -0.2) is 25.4 Å². The van der Waals surface area contributed by atoms with Crippen molar-refractivity contribution in [2.45, 2.75) is 30.7 Å². The summed E-state index contributed by atoms with van der Waals surface area (Å²) in [6.45, 7) is 3.97. The smallest absolute Gasteiger partial charge is 0.229 e. The maximum Gasteiger partial charge on any atom is 0.229 e. The molecule has 22 heavy (non-hydrogen) atoms. The van der Waals surface area contributed by atoms with E-state index in [1.807, 2.05) is 38.1 Å². The van der Waals surface area contributed by atoms with Crippen molar-refractivity contribution >= 4 is 27.7 Å². The Balaban J connectivity index is 1.75. The number of nitrogens with zero attached hydrogens (tertiary/aromatic N) is 4. The second kappa shape index (κ2) is 6.62. The molecule has 2 heterocycles. The summed E-state index contributed by atoms with van der Waals surface area (Å²) < 4.78 is 6.53. The number of H-pyrrole nitrogens is 1. The summed E-state index contributed by atoms with van der Waals surface area (Å²) in [6.07, 6.45) is 0.733. The van der Waals surface area contributed by atoms with Gasteiger partial charge in [-0.05, 0) is 13.0 Å². The van der Waals surface area contributed by atoms with E-state index in [9.17, 15) is 0 Å². The Morgan fingerprint density at radius 1 is 1.32 bits per heavy atom. The lowest BCUT2D eigenvalue weighted by Crippen LogP contribution is -1.89. The van der Waals surface area contributed by atoms with Gasteiger partial charge in [0.25, 0.3) is 0 Å². The second-order valence-electron chi connectivity index (χ2n) is 4.59. The topological polar surface area (TPSA) is 80.5 Å². The molecule has 0 radical (unpaired) electrons. The fourth-order valence-electron chi connectivity index (χ4n) is 1.86. The predicted octanol–water partition coefficient (Wildman–Crippen LogP) is 4.03. The van der Waals surface area contributed by atoms with Crippen molar-refractivity contribution in [3.05, 3.63) is 40.5 Å². The van der Waals surface area contributed by atoms with Crippen LogP contribution in [0.5, 0.6) is 0 Å². The Morgan fingerprint density at radius 2 is 2.14 bits per heavy atom. The Labute approximate surface area is 140 Å². The van der Waals surface area contributed by atoms with Crippen LogP contribution >= 0.6 is 27.7 Å². The number of aryl methyl sites for hydroxylation is 1. The first-order valence-corrected chi connectivity index (χ1v) is 8.51. The normalized spacial score (nSPS) is 12.5. The zero-order valence-electron chi connectivity index (χ0n) is 12.1. The van der Waals surface area contributed by atoms with Gasteiger partial charge in [-0.25, -0.2) is 4.98 Å². The number of thioether (sulfide) groups is 1. The van der Waals surface area contributed by atoms with Crippen molar-refractivity contribution in [3.63, 3.8) is 0 Å². The molecule has 3 aromatic rings. The molecule has 1 N–H and O–H groups in total. The van der Waals surface area contributed by atoms with Crippen LogP contribution in [0.3, 0.4) is 0 Å². The monoisotopic (exact) mass is 379 g/mol. The van der Waals surface area contributed by atoms with Gasteiger partial charge in [-0.1, -0.05) is 52.8 Å². The van der Waals surface area contributed by atoms with Crippen LogP contribution in [0.15, 0.2) is 38.3 Å². The van der Waals surface area contributed by atoms with Gasteiger partial charge in [0.2, 0.25) is 16.9 Å². The molecule has 3 rings (SSSR count). The molecule has 1 atom stereocenters. The maximum absolute atomic E-state index is 5.56. The van der Waals surface area contributed by atoms with Gasteiger partial charge in [-0.15, -0.1) is 15.3 Å². The largest absolute Gasteiger partial charge is 0.424 e. The van der Waals surface area contributed by atoms with Gasteiger partial charge in [0, 0.05) is 16.5 Å². The van der Waals surface area contributed by atoms with E-state index in [1.165, 1.54) is 11.8 Å². The Bertz CT molecular complexity index is 772. The van der Waals surface area contributed by atoms with Crippen molar-refractivity contribution in [1.82, 2.24) is 25.4 Å². The van der Waals surface area contributed by atoms with Crippen LogP contribution in [0.4, 0.5) is 0 Å². The molecule has 0 aliphatic carbocycles. The molecule has 0 bridgehead atoms. The number of halogens is 1. The average Bonchev–Trinajstić information content (AvgIpc) is 3.16. The average molecular weight is 380 g/mol. The summed E-state index contributed by atoms with van der Waals surface area (Å²) in [7, 11) is 0. The lowest BCUT2D eigenvalue weighted by Gasteiger charge is -2.02. The van der Waals surface area contributed by atoms with Crippen LogP contribution in [0.2, 0.25) is 0 Å². The highest BCUT2D eigenvalue weighted by molar-refractivity contribution is 9.10. The summed E-state index contributed by atoms with van der Waals surface area (Å²) >= 11 is 4.99. The summed E-state index contributed by atoms with van der Waals surface area (Å²) in [4.78, 5) is 4.51. The van der Waals surface area contributed by atoms with Crippen LogP contribution in [0.1, 0.15) is 30.9 Å². The molecule has 1 unspecified atom stereocenters. The van der Waals surface area contributed by atoms with E-state index in [0.29, 0.717) is 16.9 Å². The van der Waals surface area contributed by atoms with E-state index < -0.39 is 0 Å². The van der Waals surface area contributed by atoms with E-state index in [4.69, 9.17) is 4.42 Å². The van der Waals surface area contributed by atoms with E-state index in [-0.39, 0.29) is 5.25 Å². The molecule has 0 saturated heterocycles.